The molecule has 0 amide bonds. The van der Waals surface area contributed by atoms with Crippen LogP contribution in [0.1, 0.15) is 5.56 Å². The van der Waals surface area contributed by atoms with Crippen LogP contribution < -0.4 is 5.32 Å². The average Bonchev–Trinajstić information content (AvgIpc) is 2.44. The zero-order valence-electron chi connectivity index (χ0n) is 11.4. The van der Waals surface area contributed by atoms with Gasteiger partial charge in [-0.05, 0) is 18.7 Å². The molecule has 0 saturated carbocycles. The van der Waals surface area contributed by atoms with Crippen molar-refractivity contribution in [3.05, 3.63) is 42.0 Å². The summed E-state index contributed by atoms with van der Waals surface area (Å²) in [6.45, 7) is 0.272. The molecule has 0 aromatic heterocycles. The number of sulfone groups is 1. The molecule has 1 aromatic carbocycles. The summed E-state index contributed by atoms with van der Waals surface area (Å²) in [6, 6.07) is 9.31. The average molecular weight is 297 g/mol. The van der Waals surface area contributed by atoms with Crippen LogP contribution in [0.15, 0.2) is 36.4 Å². The van der Waals surface area contributed by atoms with Crippen molar-refractivity contribution in [2.75, 3.05) is 31.7 Å². The number of carbonyl (C=O) groups is 1. The molecule has 1 aromatic rings. The molecule has 0 fully saturated rings. The van der Waals surface area contributed by atoms with Crippen molar-refractivity contribution in [1.82, 2.24) is 5.32 Å². The number of ether oxygens (including phenoxy) is 1. The minimum absolute atomic E-state index is 0.0426. The Balaban J connectivity index is 2.32. The standard InChI is InChI=1S/C14H19NO4S/c1-15-9-11-20(17,18)12-10-19-14(16)8-7-13-5-3-2-4-6-13/h2-8,15H,9-12H2,1H3. The van der Waals surface area contributed by atoms with Crippen molar-refractivity contribution < 1.29 is 17.9 Å². The van der Waals surface area contributed by atoms with E-state index in [1.807, 2.05) is 30.3 Å². The van der Waals surface area contributed by atoms with Gasteiger partial charge in [-0.2, -0.15) is 0 Å². The van der Waals surface area contributed by atoms with Crippen LogP contribution in [0.5, 0.6) is 0 Å². The summed E-state index contributed by atoms with van der Waals surface area (Å²) in [5.41, 5.74) is 0.881. The summed E-state index contributed by atoms with van der Waals surface area (Å²) in [7, 11) is -1.49. The second-order valence-electron chi connectivity index (χ2n) is 4.17. The number of benzene rings is 1. The van der Waals surface area contributed by atoms with Crippen LogP contribution in [-0.2, 0) is 19.4 Å². The molecular weight excluding hydrogens is 278 g/mol. The number of hydrogen-bond donors (Lipinski definition) is 1. The molecule has 6 heteroatoms. The lowest BCUT2D eigenvalue weighted by Gasteiger charge is -2.04. The van der Waals surface area contributed by atoms with Gasteiger partial charge in [0.1, 0.15) is 6.61 Å². The third-order valence-corrected chi connectivity index (χ3v) is 4.13. The Morgan fingerprint density at radius 2 is 1.95 bits per heavy atom. The van der Waals surface area contributed by atoms with Gasteiger partial charge in [0.25, 0.3) is 0 Å². The summed E-state index contributed by atoms with van der Waals surface area (Å²) < 4.78 is 27.9. The molecule has 0 aliphatic rings. The predicted octanol–water partition coefficient (Wildman–Crippen LogP) is 0.877. The molecule has 0 unspecified atom stereocenters. The highest BCUT2D eigenvalue weighted by molar-refractivity contribution is 7.91. The Hall–Kier alpha value is -1.66. The summed E-state index contributed by atoms with van der Waals surface area (Å²) >= 11 is 0. The highest BCUT2D eigenvalue weighted by atomic mass is 32.2. The van der Waals surface area contributed by atoms with Crippen LogP contribution in [0.25, 0.3) is 6.08 Å². The van der Waals surface area contributed by atoms with Crippen molar-refractivity contribution in [1.29, 1.82) is 0 Å². The normalized spacial score (nSPS) is 11.7. The third-order valence-electron chi connectivity index (χ3n) is 2.51. The predicted molar refractivity (Wildman–Crippen MR) is 79.0 cm³/mol. The van der Waals surface area contributed by atoms with Crippen LogP contribution >= 0.6 is 0 Å². The van der Waals surface area contributed by atoms with Gasteiger partial charge in [0, 0.05) is 12.6 Å². The van der Waals surface area contributed by atoms with Crippen molar-refractivity contribution in [3.8, 4) is 0 Å². The zero-order chi connectivity index (χ0) is 14.8. The molecule has 0 spiro atoms. The summed E-state index contributed by atoms with van der Waals surface area (Å²) in [5, 5.41) is 2.76. The first-order valence-corrected chi connectivity index (χ1v) is 8.10. The number of carbonyl (C=O) groups excluding carboxylic acids is 1. The Bertz CT molecular complexity index is 538. The summed E-state index contributed by atoms with van der Waals surface area (Å²) in [5.74, 6) is -0.654. The van der Waals surface area contributed by atoms with E-state index in [1.54, 1.807) is 13.1 Å². The minimum Gasteiger partial charge on any atom is -0.461 e. The van der Waals surface area contributed by atoms with Gasteiger partial charge in [0.2, 0.25) is 0 Å². The molecular formula is C14H19NO4S. The monoisotopic (exact) mass is 297 g/mol. The fraction of sp³-hybridized carbons (Fsp3) is 0.357. The van der Waals surface area contributed by atoms with Gasteiger partial charge in [0.15, 0.2) is 9.84 Å². The van der Waals surface area contributed by atoms with Crippen molar-refractivity contribution in [2.45, 2.75) is 0 Å². The molecule has 110 valence electrons. The molecule has 0 saturated heterocycles. The van der Waals surface area contributed by atoms with Crippen molar-refractivity contribution in [3.63, 3.8) is 0 Å². The SMILES string of the molecule is CNCCS(=O)(=O)CCOC(=O)C=Cc1ccccc1. The van der Waals surface area contributed by atoms with Gasteiger partial charge in [-0.3, -0.25) is 0 Å². The largest absolute Gasteiger partial charge is 0.461 e. The molecule has 0 heterocycles. The van der Waals surface area contributed by atoms with E-state index in [-0.39, 0.29) is 18.1 Å². The zero-order valence-corrected chi connectivity index (χ0v) is 12.2. The number of esters is 1. The maximum absolute atomic E-state index is 11.5. The van der Waals surface area contributed by atoms with E-state index in [4.69, 9.17) is 4.74 Å². The van der Waals surface area contributed by atoms with Crippen LogP contribution in [0.4, 0.5) is 0 Å². The van der Waals surface area contributed by atoms with Gasteiger partial charge in [-0.1, -0.05) is 30.3 Å². The lowest BCUT2D eigenvalue weighted by Crippen LogP contribution is -2.23. The number of hydrogen-bond acceptors (Lipinski definition) is 5. The Morgan fingerprint density at radius 1 is 1.25 bits per heavy atom. The van der Waals surface area contributed by atoms with E-state index in [9.17, 15) is 13.2 Å². The van der Waals surface area contributed by atoms with Crippen molar-refractivity contribution in [2.24, 2.45) is 0 Å². The van der Waals surface area contributed by atoms with E-state index in [0.29, 0.717) is 6.54 Å². The number of rotatable bonds is 8. The topological polar surface area (TPSA) is 72.5 Å². The highest BCUT2D eigenvalue weighted by Crippen LogP contribution is 2.01. The van der Waals surface area contributed by atoms with E-state index in [2.05, 4.69) is 5.32 Å². The fourth-order valence-corrected chi connectivity index (χ4v) is 2.46. The Kier molecular flexibility index (Phi) is 6.97. The molecule has 1 rings (SSSR count). The van der Waals surface area contributed by atoms with Crippen LogP contribution in [-0.4, -0.2) is 46.1 Å². The van der Waals surface area contributed by atoms with Gasteiger partial charge < -0.3 is 10.1 Å². The third kappa shape index (κ3) is 7.06. The lowest BCUT2D eigenvalue weighted by atomic mass is 10.2. The van der Waals surface area contributed by atoms with E-state index < -0.39 is 15.8 Å². The first-order valence-electron chi connectivity index (χ1n) is 6.28. The second-order valence-corrected chi connectivity index (χ2v) is 6.47. The smallest absolute Gasteiger partial charge is 0.330 e. The van der Waals surface area contributed by atoms with Crippen molar-refractivity contribution >= 4 is 21.9 Å². The Labute approximate surface area is 119 Å². The van der Waals surface area contributed by atoms with Crippen LogP contribution in [0.3, 0.4) is 0 Å². The van der Waals surface area contributed by atoms with Gasteiger partial charge in [-0.15, -0.1) is 0 Å². The highest BCUT2D eigenvalue weighted by Gasteiger charge is 2.10. The van der Waals surface area contributed by atoms with Gasteiger partial charge in [-0.25, -0.2) is 13.2 Å². The first-order chi connectivity index (χ1) is 9.53. The quantitative estimate of drug-likeness (QED) is 0.569. The maximum Gasteiger partial charge on any atom is 0.330 e. The van der Waals surface area contributed by atoms with Gasteiger partial charge >= 0.3 is 5.97 Å². The second kappa shape index (κ2) is 8.50. The number of nitrogens with one attached hydrogen (secondary N) is 1. The molecule has 0 bridgehead atoms. The van der Waals surface area contributed by atoms with E-state index in [1.165, 1.54) is 6.08 Å². The molecule has 0 aliphatic carbocycles. The Morgan fingerprint density at radius 3 is 2.60 bits per heavy atom. The molecule has 20 heavy (non-hydrogen) atoms. The minimum atomic E-state index is -3.17. The molecule has 0 atom stereocenters. The fourth-order valence-electron chi connectivity index (χ4n) is 1.41. The van der Waals surface area contributed by atoms with E-state index in [0.717, 1.165) is 5.56 Å². The van der Waals surface area contributed by atoms with Gasteiger partial charge in [0.05, 0.1) is 11.5 Å². The molecule has 0 aliphatic heterocycles. The molecule has 0 radical (unpaired) electrons. The molecule has 1 N–H and O–H groups in total. The summed E-state index contributed by atoms with van der Waals surface area (Å²) in [6.07, 6.45) is 2.91. The summed E-state index contributed by atoms with van der Waals surface area (Å²) in [4.78, 5) is 11.4. The molecule has 5 nitrogen and oxygen atoms in total. The van der Waals surface area contributed by atoms with E-state index >= 15 is 0 Å². The van der Waals surface area contributed by atoms with Crippen LogP contribution in [0.2, 0.25) is 0 Å². The maximum atomic E-state index is 11.5. The lowest BCUT2D eigenvalue weighted by molar-refractivity contribution is -0.137. The first kappa shape index (κ1) is 16.4. The van der Waals surface area contributed by atoms with Crippen LogP contribution in [0, 0.1) is 0 Å².